The van der Waals surface area contributed by atoms with E-state index in [1.165, 1.54) is 44.5 Å². The first kappa shape index (κ1) is 15.2. The highest BCUT2D eigenvalue weighted by Gasteiger charge is 2.16. The second-order valence-electron chi connectivity index (χ2n) is 6.75. The van der Waals surface area contributed by atoms with Crippen molar-refractivity contribution in [1.29, 1.82) is 0 Å². The molecule has 2 aliphatic rings. The van der Waals surface area contributed by atoms with Gasteiger partial charge in [0.2, 0.25) is 5.95 Å². The maximum Gasteiger partial charge on any atom is 0.227 e. The van der Waals surface area contributed by atoms with Crippen molar-refractivity contribution in [3.05, 3.63) is 36.0 Å². The fraction of sp³-hybridized carbons (Fsp3) is 0.474. The van der Waals surface area contributed by atoms with E-state index in [9.17, 15) is 0 Å². The Morgan fingerprint density at radius 3 is 2.12 bits per heavy atom. The van der Waals surface area contributed by atoms with Crippen molar-refractivity contribution in [3.8, 4) is 0 Å². The van der Waals surface area contributed by atoms with Crippen LogP contribution in [0.15, 0.2) is 30.3 Å². The Kier molecular flexibility index (Phi) is 4.24. The summed E-state index contributed by atoms with van der Waals surface area (Å²) in [6.07, 6.45) is 5.08. The summed E-state index contributed by atoms with van der Waals surface area (Å²) < 4.78 is 0. The molecule has 3 heterocycles. The van der Waals surface area contributed by atoms with E-state index in [1.807, 2.05) is 13.0 Å². The summed E-state index contributed by atoms with van der Waals surface area (Å²) in [5, 5.41) is 3.43. The second-order valence-corrected chi connectivity index (χ2v) is 6.75. The molecule has 1 N–H and O–H groups in total. The van der Waals surface area contributed by atoms with Gasteiger partial charge >= 0.3 is 0 Å². The van der Waals surface area contributed by atoms with E-state index in [2.05, 4.69) is 44.4 Å². The Bertz CT molecular complexity index is 685. The Morgan fingerprint density at radius 1 is 0.833 bits per heavy atom. The summed E-state index contributed by atoms with van der Waals surface area (Å²) in [6.45, 7) is 6.51. The second kappa shape index (κ2) is 6.67. The van der Waals surface area contributed by atoms with E-state index in [0.29, 0.717) is 0 Å². The molecule has 126 valence electrons. The fourth-order valence-corrected chi connectivity index (χ4v) is 3.55. The smallest absolute Gasteiger partial charge is 0.227 e. The standard InChI is InChI=1S/C19H25N5/c1-15-14-18(22-19(20-15)24-12-4-5-13-24)21-16-6-8-17(9-7-16)23-10-2-3-11-23/h6-9,14H,2-5,10-13H2,1H3,(H,20,21,22). The molecule has 2 fully saturated rings. The van der Waals surface area contributed by atoms with Crippen molar-refractivity contribution in [3.63, 3.8) is 0 Å². The predicted octanol–water partition coefficient (Wildman–Crippen LogP) is 3.73. The molecule has 0 spiro atoms. The lowest BCUT2D eigenvalue weighted by molar-refractivity contribution is 0.891. The van der Waals surface area contributed by atoms with E-state index < -0.39 is 0 Å². The van der Waals surface area contributed by atoms with Crippen molar-refractivity contribution in [1.82, 2.24) is 9.97 Å². The first-order valence-corrected chi connectivity index (χ1v) is 9.01. The zero-order valence-corrected chi connectivity index (χ0v) is 14.3. The van der Waals surface area contributed by atoms with Crippen LogP contribution in [0.3, 0.4) is 0 Å². The Morgan fingerprint density at radius 2 is 1.46 bits per heavy atom. The molecule has 0 atom stereocenters. The minimum atomic E-state index is 0.851. The SMILES string of the molecule is Cc1cc(Nc2ccc(N3CCCC3)cc2)nc(N2CCCC2)n1. The third-order valence-corrected chi connectivity index (χ3v) is 4.84. The first-order chi connectivity index (χ1) is 11.8. The molecule has 0 aliphatic carbocycles. The number of aromatic nitrogens is 2. The molecule has 2 aliphatic heterocycles. The summed E-state index contributed by atoms with van der Waals surface area (Å²) in [7, 11) is 0. The van der Waals surface area contributed by atoms with Gasteiger partial charge in [0, 0.05) is 49.3 Å². The van der Waals surface area contributed by atoms with Gasteiger partial charge in [0.25, 0.3) is 0 Å². The number of nitrogens with one attached hydrogen (secondary N) is 1. The van der Waals surface area contributed by atoms with Gasteiger partial charge in [0.05, 0.1) is 0 Å². The van der Waals surface area contributed by atoms with Crippen molar-refractivity contribution in [2.45, 2.75) is 32.6 Å². The Hall–Kier alpha value is -2.30. The van der Waals surface area contributed by atoms with Gasteiger partial charge in [-0.2, -0.15) is 4.98 Å². The Labute approximate surface area is 143 Å². The summed E-state index contributed by atoms with van der Waals surface area (Å²) >= 11 is 0. The monoisotopic (exact) mass is 323 g/mol. The molecule has 4 rings (SSSR count). The van der Waals surface area contributed by atoms with Gasteiger partial charge < -0.3 is 15.1 Å². The largest absolute Gasteiger partial charge is 0.372 e. The van der Waals surface area contributed by atoms with Crippen LogP contribution in [0.5, 0.6) is 0 Å². The van der Waals surface area contributed by atoms with Gasteiger partial charge in [0.15, 0.2) is 0 Å². The predicted molar refractivity (Wildman–Crippen MR) is 99.4 cm³/mol. The molecule has 0 radical (unpaired) electrons. The van der Waals surface area contributed by atoms with Crippen LogP contribution >= 0.6 is 0 Å². The molecule has 5 heteroatoms. The average molecular weight is 323 g/mol. The van der Waals surface area contributed by atoms with Crippen LogP contribution in [0.25, 0.3) is 0 Å². The fourth-order valence-electron chi connectivity index (χ4n) is 3.55. The van der Waals surface area contributed by atoms with Gasteiger partial charge in [-0.15, -0.1) is 0 Å². The number of nitrogens with zero attached hydrogens (tertiary/aromatic N) is 4. The third kappa shape index (κ3) is 3.30. The first-order valence-electron chi connectivity index (χ1n) is 9.01. The number of anilines is 4. The highest BCUT2D eigenvalue weighted by Crippen LogP contribution is 2.25. The molecule has 2 aromatic rings. The molecule has 2 saturated heterocycles. The van der Waals surface area contributed by atoms with E-state index in [4.69, 9.17) is 4.98 Å². The van der Waals surface area contributed by atoms with Crippen molar-refractivity contribution < 1.29 is 0 Å². The topological polar surface area (TPSA) is 44.3 Å². The molecule has 0 unspecified atom stereocenters. The van der Waals surface area contributed by atoms with Crippen LogP contribution < -0.4 is 15.1 Å². The molecule has 0 amide bonds. The molecule has 0 saturated carbocycles. The van der Waals surface area contributed by atoms with E-state index in [0.717, 1.165) is 36.2 Å². The van der Waals surface area contributed by atoms with Crippen LogP contribution in [0.1, 0.15) is 31.4 Å². The molecule has 0 bridgehead atoms. The minimum Gasteiger partial charge on any atom is -0.372 e. The minimum absolute atomic E-state index is 0.851. The van der Waals surface area contributed by atoms with E-state index in [-0.39, 0.29) is 0 Å². The van der Waals surface area contributed by atoms with Gasteiger partial charge in [-0.3, -0.25) is 0 Å². The van der Waals surface area contributed by atoms with Crippen LogP contribution in [-0.4, -0.2) is 36.1 Å². The zero-order valence-electron chi connectivity index (χ0n) is 14.3. The lowest BCUT2D eigenvalue weighted by Gasteiger charge is -2.18. The third-order valence-electron chi connectivity index (χ3n) is 4.84. The average Bonchev–Trinajstić information content (AvgIpc) is 3.29. The number of rotatable bonds is 4. The van der Waals surface area contributed by atoms with Crippen LogP contribution in [-0.2, 0) is 0 Å². The van der Waals surface area contributed by atoms with Gasteiger partial charge in [-0.25, -0.2) is 4.98 Å². The highest BCUT2D eigenvalue weighted by atomic mass is 15.3. The number of hydrogen-bond donors (Lipinski definition) is 1. The lowest BCUT2D eigenvalue weighted by atomic mass is 10.2. The zero-order chi connectivity index (χ0) is 16.4. The molecular formula is C19H25N5. The van der Waals surface area contributed by atoms with Gasteiger partial charge in [-0.1, -0.05) is 0 Å². The molecule has 1 aromatic heterocycles. The van der Waals surface area contributed by atoms with Gasteiger partial charge in [-0.05, 0) is 56.9 Å². The van der Waals surface area contributed by atoms with Crippen LogP contribution in [0.2, 0.25) is 0 Å². The number of hydrogen-bond acceptors (Lipinski definition) is 5. The Balaban J connectivity index is 1.50. The maximum atomic E-state index is 4.70. The van der Waals surface area contributed by atoms with Crippen LogP contribution in [0, 0.1) is 6.92 Å². The van der Waals surface area contributed by atoms with Crippen LogP contribution in [0.4, 0.5) is 23.1 Å². The summed E-state index contributed by atoms with van der Waals surface area (Å²) in [5.41, 5.74) is 3.39. The summed E-state index contributed by atoms with van der Waals surface area (Å²) in [4.78, 5) is 14.0. The van der Waals surface area contributed by atoms with Crippen molar-refractivity contribution in [2.24, 2.45) is 0 Å². The molecule has 5 nitrogen and oxygen atoms in total. The highest BCUT2D eigenvalue weighted by molar-refractivity contribution is 5.62. The molecule has 24 heavy (non-hydrogen) atoms. The summed E-state index contributed by atoms with van der Waals surface area (Å²) in [5.74, 6) is 1.72. The van der Waals surface area contributed by atoms with E-state index >= 15 is 0 Å². The molecule has 1 aromatic carbocycles. The van der Waals surface area contributed by atoms with Gasteiger partial charge in [0.1, 0.15) is 5.82 Å². The van der Waals surface area contributed by atoms with Crippen molar-refractivity contribution >= 4 is 23.1 Å². The summed E-state index contributed by atoms with van der Waals surface area (Å²) in [6, 6.07) is 10.7. The molecular weight excluding hydrogens is 298 g/mol. The lowest BCUT2D eigenvalue weighted by Crippen LogP contribution is -2.21. The van der Waals surface area contributed by atoms with E-state index in [1.54, 1.807) is 0 Å². The maximum absolute atomic E-state index is 4.70. The quantitative estimate of drug-likeness (QED) is 0.929. The number of benzene rings is 1. The van der Waals surface area contributed by atoms with Crippen molar-refractivity contribution in [2.75, 3.05) is 41.3 Å². The number of aryl methyl sites for hydroxylation is 1. The normalized spacial score (nSPS) is 17.5.